The Kier molecular flexibility index (Phi) is 9.29. The van der Waals surface area contributed by atoms with Gasteiger partial charge in [-0.05, 0) is 70.2 Å². The molecule has 3 amide bonds. The van der Waals surface area contributed by atoms with Crippen LogP contribution in [0.1, 0.15) is 71.7 Å². The molecule has 3 aliphatic rings. The molecule has 1 aromatic heterocycles. The van der Waals surface area contributed by atoms with Gasteiger partial charge in [0, 0.05) is 11.9 Å². The first-order chi connectivity index (χ1) is 21.3. The summed E-state index contributed by atoms with van der Waals surface area (Å²) in [4.78, 5) is 58.7. The zero-order valence-corrected chi connectivity index (χ0v) is 26.7. The molecule has 1 unspecified atom stereocenters. The molecule has 3 N–H and O–H groups in total. The summed E-state index contributed by atoms with van der Waals surface area (Å²) < 4.78 is 18.0. The predicted molar refractivity (Wildman–Crippen MR) is 166 cm³/mol. The van der Waals surface area contributed by atoms with Gasteiger partial charge in [-0.25, -0.2) is 10.2 Å². The summed E-state index contributed by atoms with van der Waals surface area (Å²) in [6.07, 6.45) is 3.28. The average molecular weight is 622 g/mol. The van der Waals surface area contributed by atoms with Crippen LogP contribution in [0.5, 0.6) is 0 Å². The van der Waals surface area contributed by atoms with E-state index in [4.69, 9.17) is 19.2 Å². The first kappa shape index (κ1) is 32.5. The number of nitrogens with one attached hydrogen (secondary N) is 3. The van der Waals surface area contributed by atoms with Crippen LogP contribution in [0.15, 0.2) is 36.4 Å². The fourth-order valence-electron chi connectivity index (χ4n) is 5.52. The maximum atomic E-state index is 13.8. The number of amides is 3. The highest BCUT2D eigenvalue weighted by Crippen LogP contribution is 2.30. The fourth-order valence-corrected chi connectivity index (χ4v) is 5.52. The minimum Gasteiger partial charge on any atom is -0.450 e. The number of hydrogen-bond donors (Lipinski definition) is 3. The lowest BCUT2D eigenvalue weighted by molar-refractivity contribution is -0.224. The van der Waals surface area contributed by atoms with Gasteiger partial charge in [0.2, 0.25) is 11.5 Å². The van der Waals surface area contributed by atoms with Crippen LogP contribution in [0.4, 0.5) is 0 Å². The number of hydrazine groups is 1. The molecule has 1 aromatic carbocycles. The van der Waals surface area contributed by atoms with E-state index in [0.717, 1.165) is 10.9 Å². The van der Waals surface area contributed by atoms with Gasteiger partial charge in [-0.1, -0.05) is 38.1 Å². The molecule has 45 heavy (non-hydrogen) atoms. The molecule has 12 nitrogen and oxygen atoms in total. The van der Waals surface area contributed by atoms with Gasteiger partial charge in [0.25, 0.3) is 11.8 Å². The zero-order chi connectivity index (χ0) is 32.5. The Morgan fingerprint density at radius 3 is 2.40 bits per heavy atom. The molecular formula is C33H43N5O7. The van der Waals surface area contributed by atoms with E-state index in [1.807, 2.05) is 51.1 Å². The normalized spacial score (nSPS) is 30.6. The Hall–Kier alpha value is -3.87. The van der Waals surface area contributed by atoms with Crippen LogP contribution >= 0.6 is 0 Å². The fraction of sp³-hybridized carbons (Fsp3) is 0.545. The number of pyridine rings is 1. The van der Waals surface area contributed by atoms with Crippen molar-refractivity contribution in [1.82, 2.24) is 26.1 Å². The minimum atomic E-state index is -1.61. The molecule has 5 atom stereocenters. The van der Waals surface area contributed by atoms with Gasteiger partial charge in [-0.15, -0.1) is 0 Å². The maximum absolute atomic E-state index is 13.8. The monoisotopic (exact) mass is 621 g/mol. The number of fused-ring (bicyclic) bond motifs is 4. The zero-order valence-electron chi connectivity index (χ0n) is 26.7. The molecule has 2 saturated heterocycles. The van der Waals surface area contributed by atoms with Crippen LogP contribution in [0.2, 0.25) is 0 Å². The highest BCUT2D eigenvalue weighted by atomic mass is 16.6. The number of carbonyl (C=O) groups excluding carboxylic acids is 4. The van der Waals surface area contributed by atoms with E-state index >= 15 is 0 Å². The molecule has 0 aliphatic carbocycles. The van der Waals surface area contributed by atoms with E-state index in [1.165, 1.54) is 5.01 Å². The van der Waals surface area contributed by atoms with Crippen molar-refractivity contribution in [2.24, 2.45) is 5.92 Å². The number of benzene rings is 1. The van der Waals surface area contributed by atoms with Crippen molar-refractivity contribution in [3.63, 3.8) is 0 Å². The van der Waals surface area contributed by atoms with Crippen molar-refractivity contribution in [2.45, 2.75) is 89.8 Å². The minimum absolute atomic E-state index is 0.118. The van der Waals surface area contributed by atoms with Gasteiger partial charge in [-0.3, -0.25) is 24.4 Å². The Balaban J connectivity index is 1.54. The van der Waals surface area contributed by atoms with Gasteiger partial charge < -0.3 is 24.8 Å². The molecule has 0 saturated carbocycles. The van der Waals surface area contributed by atoms with Gasteiger partial charge in [0.05, 0.1) is 36.1 Å². The predicted octanol–water partition coefficient (Wildman–Crippen LogP) is 2.57. The Morgan fingerprint density at radius 2 is 1.69 bits per heavy atom. The molecule has 4 heterocycles. The molecule has 2 fully saturated rings. The highest BCUT2D eigenvalue weighted by Gasteiger charge is 2.47. The number of hydrogen-bond acceptors (Lipinski definition) is 9. The van der Waals surface area contributed by atoms with E-state index < -0.39 is 59.1 Å². The molecule has 1 spiro atoms. The summed E-state index contributed by atoms with van der Waals surface area (Å²) in [6.45, 7) is 11.0. The highest BCUT2D eigenvalue weighted by molar-refractivity contribution is 5.92. The SMILES string of the molecule is CC(C)[C@@H]1OC(=O)C2(/C=C/c3ccc4ccc(nc4c3)[C@@H](C)NC(=O)[C@@H]3CCCN(N3)C(=O)[C@H](C)NC1=O)COC(C)(C)CO2. The summed E-state index contributed by atoms with van der Waals surface area (Å²) in [5.41, 5.74) is 2.93. The van der Waals surface area contributed by atoms with E-state index in [1.54, 1.807) is 32.9 Å². The molecule has 3 aliphatic heterocycles. The Morgan fingerprint density at radius 1 is 0.956 bits per heavy atom. The second-order valence-electron chi connectivity index (χ2n) is 13.1. The first-order valence-electron chi connectivity index (χ1n) is 15.5. The molecule has 0 radical (unpaired) electrons. The number of aromatic nitrogens is 1. The second-order valence-corrected chi connectivity index (χ2v) is 13.1. The van der Waals surface area contributed by atoms with Gasteiger partial charge in [0.1, 0.15) is 12.1 Å². The molecule has 5 rings (SSSR count). The summed E-state index contributed by atoms with van der Waals surface area (Å²) in [5.74, 6) is -2.46. The molecular weight excluding hydrogens is 578 g/mol. The quantitative estimate of drug-likeness (QED) is 0.409. The number of esters is 1. The molecule has 242 valence electrons. The second kappa shape index (κ2) is 12.9. The first-order valence-corrected chi connectivity index (χ1v) is 15.5. The maximum Gasteiger partial charge on any atom is 0.345 e. The lowest BCUT2D eigenvalue weighted by Crippen LogP contribution is -2.61. The van der Waals surface area contributed by atoms with Crippen molar-refractivity contribution in [2.75, 3.05) is 19.8 Å². The van der Waals surface area contributed by atoms with Crippen molar-refractivity contribution in [1.29, 1.82) is 0 Å². The van der Waals surface area contributed by atoms with Gasteiger partial charge >= 0.3 is 5.97 Å². The van der Waals surface area contributed by atoms with E-state index in [0.29, 0.717) is 30.6 Å². The summed E-state index contributed by atoms with van der Waals surface area (Å²) in [7, 11) is 0. The van der Waals surface area contributed by atoms with Crippen LogP contribution < -0.4 is 16.1 Å². The smallest absolute Gasteiger partial charge is 0.345 e. The standard InChI is InChI=1S/C33H43N5O7/c1-19(2)27-29(40)35-21(4)30(41)38-15-7-8-25(37-38)28(39)34-20(3)24-12-11-23-10-9-22(16-26(23)36-24)13-14-33(31(42)45-27)18-43-32(5,6)17-44-33/h9-14,16,19-21,25,27,37H,7-8,15,17-18H2,1-6H3,(H,34,39)(H,35,40)/b14-13+/t20-,21+,25+,27+,33?/m1/s1. The number of carbonyl (C=O) groups is 4. The third-order valence-corrected chi connectivity index (χ3v) is 8.38. The number of rotatable bonds is 1. The molecule has 12 heteroatoms. The molecule has 5 bridgehead atoms. The van der Waals surface area contributed by atoms with Crippen LogP contribution in [-0.4, -0.2) is 82.8 Å². The number of nitrogens with zero attached hydrogens (tertiary/aromatic N) is 2. The summed E-state index contributed by atoms with van der Waals surface area (Å²) >= 11 is 0. The van der Waals surface area contributed by atoms with E-state index in [2.05, 4.69) is 16.1 Å². The lowest BCUT2D eigenvalue weighted by Gasteiger charge is -2.41. The summed E-state index contributed by atoms with van der Waals surface area (Å²) in [5, 5.41) is 7.99. The molecule has 2 aromatic rings. The van der Waals surface area contributed by atoms with Crippen molar-refractivity contribution in [3.05, 3.63) is 47.7 Å². The average Bonchev–Trinajstić information content (AvgIpc) is 3.01. The Labute approximate surface area is 263 Å². The van der Waals surface area contributed by atoms with Crippen molar-refractivity contribution < 1.29 is 33.4 Å². The van der Waals surface area contributed by atoms with Crippen LogP contribution in [0, 0.1) is 5.92 Å². The van der Waals surface area contributed by atoms with Crippen molar-refractivity contribution in [3.8, 4) is 0 Å². The van der Waals surface area contributed by atoms with Crippen molar-refractivity contribution >= 4 is 40.7 Å². The summed E-state index contributed by atoms with van der Waals surface area (Å²) in [6, 6.07) is 7.54. The Bertz CT molecular complexity index is 1500. The third kappa shape index (κ3) is 7.18. The number of cyclic esters (lactones) is 1. The van der Waals surface area contributed by atoms with Crippen LogP contribution in [0.25, 0.3) is 17.0 Å². The van der Waals surface area contributed by atoms with Crippen LogP contribution in [-0.2, 0) is 33.4 Å². The van der Waals surface area contributed by atoms with E-state index in [9.17, 15) is 19.2 Å². The number of ether oxygens (including phenoxy) is 3. The largest absolute Gasteiger partial charge is 0.450 e. The van der Waals surface area contributed by atoms with Gasteiger partial charge in [-0.2, -0.15) is 0 Å². The lowest BCUT2D eigenvalue weighted by atomic mass is 9.98. The van der Waals surface area contributed by atoms with Gasteiger partial charge in [0.15, 0.2) is 6.10 Å². The van der Waals surface area contributed by atoms with Crippen LogP contribution in [0.3, 0.4) is 0 Å². The van der Waals surface area contributed by atoms with E-state index in [-0.39, 0.29) is 19.1 Å². The third-order valence-electron chi connectivity index (χ3n) is 8.38. The topological polar surface area (TPSA) is 148 Å².